The van der Waals surface area contributed by atoms with Gasteiger partial charge in [0.05, 0.1) is 18.8 Å². The highest BCUT2D eigenvalue weighted by molar-refractivity contribution is 14.1. The van der Waals surface area contributed by atoms with Crippen molar-refractivity contribution in [1.82, 2.24) is 0 Å². The molecule has 1 aliphatic heterocycles. The smallest absolute Gasteiger partial charge is 0.374 e. The lowest BCUT2D eigenvalue weighted by Gasteiger charge is -2.29. The minimum Gasteiger partial charge on any atom is -0.374 e. The highest BCUT2D eigenvalue weighted by Gasteiger charge is 2.49. The van der Waals surface area contributed by atoms with Crippen molar-refractivity contribution in [2.75, 3.05) is 19.8 Å². The van der Waals surface area contributed by atoms with Gasteiger partial charge in [-0.2, -0.15) is 8.78 Å². The van der Waals surface area contributed by atoms with E-state index < -0.39 is 33.7 Å². The second-order valence-electron chi connectivity index (χ2n) is 8.27. The zero-order valence-corrected chi connectivity index (χ0v) is 23.9. The molecule has 0 radical (unpaired) electrons. The number of hydrogen-bond acceptors (Lipinski definition) is 4. The number of benzene rings is 3. The van der Waals surface area contributed by atoms with E-state index in [9.17, 15) is 26.3 Å². The lowest BCUT2D eigenvalue weighted by molar-refractivity contribution is -0.432. The third-order valence-corrected chi connectivity index (χ3v) is 7.39. The summed E-state index contributed by atoms with van der Waals surface area (Å²) in [4.78, 5) is 0. The number of rotatable bonds is 7. The molecule has 1 heterocycles. The first kappa shape index (κ1) is 29.5. The monoisotopic (exact) mass is 764 g/mol. The maximum atomic E-state index is 14.6. The lowest BCUT2D eigenvalue weighted by atomic mass is 9.98. The van der Waals surface area contributed by atoms with Crippen molar-refractivity contribution in [2.24, 2.45) is 0 Å². The SMILES string of the molecule is CCOC1COC(c2ccc(-c3ccc(-c4cc(F)c(C(F)(F)OC(F)(F)F)c(I)c4)c(I)c3)cc2)OC1. The van der Waals surface area contributed by atoms with Gasteiger partial charge in [0.25, 0.3) is 0 Å². The van der Waals surface area contributed by atoms with Gasteiger partial charge < -0.3 is 14.2 Å². The Kier molecular flexibility index (Phi) is 9.29. The third-order valence-electron chi connectivity index (χ3n) is 5.64. The number of alkyl halides is 5. The quantitative estimate of drug-likeness (QED) is 0.179. The van der Waals surface area contributed by atoms with Crippen LogP contribution in [-0.4, -0.2) is 32.3 Å². The average Bonchev–Trinajstić information content (AvgIpc) is 2.82. The van der Waals surface area contributed by atoms with Gasteiger partial charge in [0.2, 0.25) is 0 Å². The van der Waals surface area contributed by atoms with Crippen LogP contribution in [0, 0.1) is 13.0 Å². The molecular weight excluding hydrogens is 744 g/mol. The van der Waals surface area contributed by atoms with E-state index in [1.165, 1.54) is 28.7 Å². The molecule has 0 aliphatic carbocycles. The Balaban J connectivity index is 1.53. The van der Waals surface area contributed by atoms with Crippen LogP contribution in [0.3, 0.4) is 0 Å². The zero-order chi connectivity index (χ0) is 27.7. The van der Waals surface area contributed by atoms with Crippen LogP contribution < -0.4 is 0 Å². The molecule has 204 valence electrons. The van der Waals surface area contributed by atoms with Crippen LogP contribution in [0.1, 0.15) is 24.3 Å². The Hall–Kier alpha value is -1.46. The van der Waals surface area contributed by atoms with Gasteiger partial charge in [-0.1, -0.05) is 36.4 Å². The van der Waals surface area contributed by atoms with Gasteiger partial charge in [-0.15, -0.1) is 13.2 Å². The number of halogens is 8. The standard InChI is InChI=1S/C26H20F6I2O4/c1-2-35-18-12-36-24(37-13-18)15-5-3-14(4-6-15)16-7-8-19(21(33)10-16)17-9-20(27)23(22(34)11-17)25(28,29)38-26(30,31)32/h3-11,18,24H,2,12-13H2,1H3. The summed E-state index contributed by atoms with van der Waals surface area (Å²) in [5.41, 5.74) is 1.89. The summed E-state index contributed by atoms with van der Waals surface area (Å²) >= 11 is 3.41. The molecular formula is C26H20F6I2O4. The van der Waals surface area contributed by atoms with Crippen molar-refractivity contribution in [2.45, 2.75) is 31.8 Å². The molecule has 3 aromatic carbocycles. The van der Waals surface area contributed by atoms with E-state index in [0.717, 1.165) is 22.8 Å². The molecule has 4 nitrogen and oxygen atoms in total. The van der Waals surface area contributed by atoms with Crippen molar-refractivity contribution < 1.29 is 45.3 Å². The van der Waals surface area contributed by atoms with Crippen molar-refractivity contribution >= 4 is 45.2 Å². The summed E-state index contributed by atoms with van der Waals surface area (Å²) in [6.07, 6.45) is -11.1. The topological polar surface area (TPSA) is 36.9 Å². The molecule has 0 saturated carbocycles. The second kappa shape index (κ2) is 12.0. The molecule has 12 heteroatoms. The van der Waals surface area contributed by atoms with Crippen LogP contribution in [0.5, 0.6) is 0 Å². The van der Waals surface area contributed by atoms with Crippen LogP contribution in [0.25, 0.3) is 22.3 Å². The molecule has 1 saturated heterocycles. The second-order valence-corrected chi connectivity index (χ2v) is 10.6. The van der Waals surface area contributed by atoms with Gasteiger partial charge in [0.15, 0.2) is 6.29 Å². The summed E-state index contributed by atoms with van der Waals surface area (Å²) in [6, 6.07) is 14.9. The van der Waals surface area contributed by atoms with Crippen LogP contribution in [-0.2, 0) is 25.1 Å². The van der Waals surface area contributed by atoms with Crippen LogP contribution in [0.15, 0.2) is 54.6 Å². The molecule has 0 spiro atoms. The summed E-state index contributed by atoms with van der Waals surface area (Å²) in [5.74, 6) is -1.50. The summed E-state index contributed by atoms with van der Waals surface area (Å²) in [6.45, 7) is 3.37. The summed E-state index contributed by atoms with van der Waals surface area (Å²) in [7, 11) is 0. The van der Waals surface area contributed by atoms with E-state index in [-0.39, 0.29) is 11.7 Å². The molecule has 1 aliphatic rings. The van der Waals surface area contributed by atoms with Crippen molar-refractivity contribution in [1.29, 1.82) is 0 Å². The molecule has 0 atom stereocenters. The predicted molar refractivity (Wildman–Crippen MR) is 144 cm³/mol. The minimum absolute atomic E-state index is 0.0891. The maximum Gasteiger partial charge on any atom is 0.527 e. The van der Waals surface area contributed by atoms with E-state index in [4.69, 9.17) is 14.2 Å². The van der Waals surface area contributed by atoms with Gasteiger partial charge in [0.1, 0.15) is 11.9 Å². The van der Waals surface area contributed by atoms with Gasteiger partial charge in [0, 0.05) is 19.3 Å². The first-order chi connectivity index (χ1) is 17.9. The van der Waals surface area contributed by atoms with Gasteiger partial charge in [-0.3, -0.25) is 0 Å². The number of hydrogen-bond donors (Lipinski definition) is 0. The van der Waals surface area contributed by atoms with Crippen molar-refractivity contribution in [3.05, 3.63) is 78.7 Å². The Labute approximate surface area is 241 Å². The third kappa shape index (κ3) is 6.99. The van der Waals surface area contributed by atoms with Gasteiger partial charge >= 0.3 is 12.5 Å². The Morgan fingerprint density at radius 1 is 0.842 bits per heavy atom. The highest BCUT2D eigenvalue weighted by Crippen LogP contribution is 2.42. The molecule has 1 fully saturated rings. The van der Waals surface area contributed by atoms with E-state index in [1.54, 1.807) is 12.1 Å². The molecule has 0 bridgehead atoms. The Morgan fingerprint density at radius 3 is 2.00 bits per heavy atom. The lowest BCUT2D eigenvalue weighted by Crippen LogP contribution is -2.33. The zero-order valence-electron chi connectivity index (χ0n) is 19.6. The Bertz CT molecular complexity index is 1250. The summed E-state index contributed by atoms with van der Waals surface area (Å²) < 4.78 is 100.0. The largest absolute Gasteiger partial charge is 0.527 e. The van der Waals surface area contributed by atoms with Crippen LogP contribution >= 0.6 is 45.2 Å². The number of ether oxygens (including phenoxy) is 4. The Morgan fingerprint density at radius 2 is 1.45 bits per heavy atom. The highest BCUT2D eigenvalue weighted by atomic mass is 127. The first-order valence-corrected chi connectivity index (χ1v) is 13.4. The molecule has 0 N–H and O–H groups in total. The first-order valence-electron chi connectivity index (χ1n) is 11.3. The molecule has 0 unspecified atom stereocenters. The van der Waals surface area contributed by atoms with Crippen molar-refractivity contribution in [3.8, 4) is 22.3 Å². The fraction of sp³-hybridized carbons (Fsp3) is 0.308. The van der Waals surface area contributed by atoms with Gasteiger partial charge in [-0.05, 0) is 92.6 Å². The minimum atomic E-state index is -5.63. The molecule has 3 aromatic rings. The van der Waals surface area contributed by atoms with Crippen LogP contribution in [0.4, 0.5) is 26.3 Å². The van der Waals surface area contributed by atoms with E-state index in [0.29, 0.717) is 29.0 Å². The fourth-order valence-corrected chi connectivity index (χ4v) is 5.71. The molecule has 0 aromatic heterocycles. The average molecular weight is 764 g/mol. The van der Waals surface area contributed by atoms with Gasteiger partial charge in [-0.25, -0.2) is 9.13 Å². The fourth-order valence-electron chi connectivity index (χ4n) is 3.97. The van der Waals surface area contributed by atoms with E-state index >= 15 is 0 Å². The molecule has 0 amide bonds. The predicted octanol–water partition coefficient (Wildman–Crippen LogP) is 8.41. The normalized spacial score (nSPS) is 18.6. The van der Waals surface area contributed by atoms with Crippen LogP contribution in [0.2, 0.25) is 0 Å². The van der Waals surface area contributed by atoms with E-state index in [1.807, 2.05) is 59.8 Å². The van der Waals surface area contributed by atoms with Crippen molar-refractivity contribution in [3.63, 3.8) is 0 Å². The molecule has 38 heavy (non-hydrogen) atoms. The molecule has 4 rings (SSSR count). The van der Waals surface area contributed by atoms with E-state index in [2.05, 4.69) is 4.74 Å². The maximum absolute atomic E-state index is 14.6. The summed E-state index contributed by atoms with van der Waals surface area (Å²) in [5, 5.41) is 0.